The minimum absolute atomic E-state index is 0.0669. The van der Waals surface area contributed by atoms with Gasteiger partial charge in [-0.2, -0.15) is 0 Å². The van der Waals surface area contributed by atoms with Crippen LogP contribution in [0.5, 0.6) is 5.75 Å². The summed E-state index contributed by atoms with van der Waals surface area (Å²) in [6.45, 7) is 0.281. The molecule has 0 aliphatic carbocycles. The van der Waals surface area contributed by atoms with Crippen LogP contribution in [-0.4, -0.2) is 21.4 Å². The van der Waals surface area contributed by atoms with Crippen LogP contribution in [0.1, 0.15) is 22.9 Å². The number of pyridine rings is 1. The van der Waals surface area contributed by atoms with Crippen LogP contribution in [0.4, 0.5) is 0 Å². The van der Waals surface area contributed by atoms with E-state index in [4.69, 9.17) is 16.3 Å². The smallest absolute Gasteiger partial charge is 0.223 e. The number of nitrogens with zero attached hydrogens (tertiary/aromatic N) is 1. The zero-order chi connectivity index (χ0) is 19.2. The number of hydrogen-bond acceptors (Lipinski definition) is 4. The summed E-state index contributed by atoms with van der Waals surface area (Å²) in [6.07, 6.45) is 0.441. The van der Waals surface area contributed by atoms with Crippen LogP contribution in [-0.2, 0) is 13.2 Å². The van der Waals surface area contributed by atoms with Crippen molar-refractivity contribution in [2.75, 3.05) is 6.61 Å². The molecule has 0 saturated heterocycles. The molecule has 0 spiro atoms. The van der Waals surface area contributed by atoms with E-state index >= 15 is 0 Å². The maximum atomic E-state index is 12.5. The molecule has 0 fully saturated rings. The fourth-order valence-corrected chi connectivity index (χ4v) is 2.96. The Morgan fingerprint density at radius 2 is 1.74 bits per heavy atom. The molecule has 140 valence electrons. The third-order valence-corrected chi connectivity index (χ3v) is 4.44. The van der Waals surface area contributed by atoms with E-state index in [1.54, 1.807) is 35.0 Å². The number of ether oxygens (including phenoxy) is 1. The summed E-state index contributed by atoms with van der Waals surface area (Å²) in [5.41, 5.74) is 1.44. The van der Waals surface area contributed by atoms with Crippen LogP contribution < -0.4 is 10.2 Å². The highest BCUT2D eigenvalue weighted by Gasteiger charge is 2.22. The van der Waals surface area contributed by atoms with E-state index in [0.29, 0.717) is 16.3 Å². The van der Waals surface area contributed by atoms with Crippen molar-refractivity contribution in [1.82, 2.24) is 4.57 Å². The molecule has 2 N–H and O–H groups in total. The summed E-state index contributed by atoms with van der Waals surface area (Å²) < 4.78 is 7.43. The lowest BCUT2D eigenvalue weighted by atomic mass is 10.0. The molecule has 0 bridgehead atoms. The Morgan fingerprint density at radius 3 is 2.41 bits per heavy atom. The van der Waals surface area contributed by atoms with Crippen LogP contribution in [0, 0.1) is 0 Å². The molecule has 1 heterocycles. The second-order valence-corrected chi connectivity index (χ2v) is 6.48. The molecule has 0 saturated carbocycles. The Kier molecular flexibility index (Phi) is 6.29. The van der Waals surface area contributed by atoms with Gasteiger partial charge in [-0.1, -0.05) is 54.1 Å². The van der Waals surface area contributed by atoms with Gasteiger partial charge in [-0.15, -0.1) is 0 Å². The quantitative estimate of drug-likeness (QED) is 0.655. The maximum absolute atomic E-state index is 12.5. The van der Waals surface area contributed by atoms with Crippen LogP contribution >= 0.6 is 11.6 Å². The standard InChI is InChI=1S/C21H20ClNO4/c22-17-8-6-16(7-9-17)20(26)19-21(18(25)10-11-23(19)12-13-24)27-14-15-4-2-1-3-5-15/h1-11,20,24,26H,12-14H2. The highest BCUT2D eigenvalue weighted by molar-refractivity contribution is 6.30. The lowest BCUT2D eigenvalue weighted by molar-refractivity contribution is 0.190. The fraction of sp³-hybridized carbons (Fsp3) is 0.190. The third-order valence-electron chi connectivity index (χ3n) is 4.18. The Bertz CT molecular complexity index is 939. The van der Waals surface area contributed by atoms with E-state index < -0.39 is 6.10 Å². The van der Waals surface area contributed by atoms with Crippen molar-refractivity contribution in [2.24, 2.45) is 0 Å². The molecule has 1 atom stereocenters. The molecular formula is C21H20ClNO4. The summed E-state index contributed by atoms with van der Waals surface area (Å²) in [4.78, 5) is 12.5. The molecule has 3 rings (SSSR count). The topological polar surface area (TPSA) is 71.7 Å². The van der Waals surface area contributed by atoms with Crippen LogP contribution in [0.3, 0.4) is 0 Å². The number of aromatic nitrogens is 1. The van der Waals surface area contributed by atoms with Gasteiger partial charge in [0.2, 0.25) is 5.43 Å². The van der Waals surface area contributed by atoms with E-state index in [1.165, 1.54) is 6.07 Å². The van der Waals surface area contributed by atoms with Gasteiger partial charge in [0.25, 0.3) is 0 Å². The Labute approximate surface area is 162 Å². The zero-order valence-electron chi connectivity index (χ0n) is 14.6. The zero-order valence-corrected chi connectivity index (χ0v) is 15.3. The minimum Gasteiger partial charge on any atom is -0.483 e. The largest absolute Gasteiger partial charge is 0.483 e. The molecule has 3 aromatic rings. The second-order valence-electron chi connectivity index (χ2n) is 6.04. The van der Waals surface area contributed by atoms with Crippen LogP contribution in [0.25, 0.3) is 0 Å². The van der Waals surface area contributed by atoms with Crippen LogP contribution in [0.15, 0.2) is 71.7 Å². The molecule has 27 heavy (non-hydrogen) atoms. The predicted octanol–water partition coefficient (Wildman–Crippen LogP) is 3.15. The van der Waals surface area contributed by atoms with Gasteiger partial charge in [-0.25, -0.2) is 0 Å². The number of rotatable bonds is 7. The number of benzene rings is 2. The summed E-state index contributed by atoms with van der Waals surface area (Å²) in [5.74, 6) is 0.0669. The van der Waals surface area contributed by atoms with Gasteiger partial charge in [-0.3, -0.25) is 4.79 Å². The molecule has 2 aromatic carbocycles. The molecule has 0 radical (unpaired) electrons. The number of hydrogen-bond donors (Lipinski definition) is 2. The molecule has 5 nitrogen and oxygen atoms in total. The number of aliphatic hydroxyl groups excluding tert-OH is 2. The highest BCUT2D eigenvalue weighted by Crippen LogP contribution is 2.29. The van der Waals surface area contributed by atoms with Crippen molar-refractivity contribution in [1.29, 1.82) is 0 Å². The van der Waals surface area contributed by atoms with Gasteiger partial charge < -0.3 is 19.5 Å². The average molecular weight is 386 g/mol. The van der Waals surface area contributed by atoms with Crippen LogP contribution in [0.2, 0.25) is 5.02 Å². The lowest BCUT2D eigenvalue weighted by Gasteiger charge is -2.21. The molecular weight excluding hydrogens is 366 g/mol. The van der Waals surface area contributed by atoms with E-state index in [9.17, 15) is 15.0 Å². The van der Waals surface area contributed by atoms with Gasteiger partial charge in [-0.05, 0) is 23.3 Å². The summed E-state index contributed by atoms with van der Waals surface area (Å²) in [7, 11) is 0. The van der Waals surface area contributed by atoms with E-state index in [2.05, 4.69) is 0 Å². The molecule has 0 aliphatic rings. The van der Waals surface area contributed by atoms with Gasteiger partial charge in [0, 0.05) is 23.8 Å². The van der Waals surface area contributed by atoms with Crippen molar-refractivity contribution in [2.45, 2.75) is 19.3 Å². The normalized spacial score (nSPS) is 12.0. The minimum atomic E-state index is -1.10. The Morgan fingerprint density at radius 1 is 1.04 bits per heavy atom. The monoisotopic (exact) mass is 385 g/mol. The van der Waals surface area contributed by atoms with Crippen molar-refractivity contribution >= 4 is 11.6 Å². The average Bonchev–Trinajstić information content (AvgIpc) is 2.69. The first-order chi connectivity index (χ1) is 13.1. The molecule has 0 amide bonds. The van der Waals surface area contributed by atoms with Gasteiger partial charge in [0.1, 0.15) is 12.7 Å². The third kappa shape index (κ3) is 4.57. The first-order valence-electron chi connectivity index (χ1n) is 8.54. The van der Waals surface area contributed by atoms with Gasteiger partial charge >= 0.3 is 0 Å². The summed E-state index contributed by atoms with van der Waals surface area (Å²) in [5, 5.41) is 20.8. The fourth-order valence-electron chi connectivity index (χ4n) is 2.83. The molecule has 6 heteroatoms. The lowest BCUT2D eigenvalue weighted by Crippen LogP contribution is -2.21. The summed E-state index contributed by atoms with van der Waals surface area (Å²) >= 11 is 5.92. The van der Waals surface area contributed by atoms with Crippen molar-refractivity contribution in [3.8, 4) is 5.75 Å². The second kappa shape index (κ2) is 8.86. The first kappa shape index (κ1) is 19.2. The maximum Gasteiger partial charge on any atom is 0.223 e. The Balaban J connectivity index is 2.01. The predicted molar refractivity (Wildman–Crippen MR) is 104 cm³/mol. The SMILES string of the molecule is O=c1ccn(CCO)c(C(O)c2ccc(Cl)cc2)c1OCc1ccccc1. The molecule has 1 aromatic heterocycles. The molecule has 1 unspecified atom stereocenters. The molecule has 0 aliphatic heterocycles. The first-order valence-corrected chi connectivity index (χ1v) is 8.92. The van der Waals surface area contributed by atoms with E-state index in [0.717, 1.165) is 5.56 Å². The van der Waals surface area contributed by atoms with Crippen molar-refractivity contribution in [3.05, 3.63) is 98.9 Å². The number of aliphatic hydroxyl groups is 2. The van der Waals surface area contributed by atoms with Gasteiger partial charge in [0.05, 0.1) is 12.3 Å². The van der Waals surface area contributed by atoms with Crippen molar-refractivity contribution in [3.63, 3.8) is 0 Å². The number of halogens is 1. The van der Waals surface area contributed by atoms with E-state index in [1.807, 2.05) is 30.3 Å². The Hall–Kier alpha value is -2.60. The highest BCUT2D eigenvalue weighted by atomic mass is 35.5. The summed E-state index contributed by atoms with van der Waals surface area (Å²) in [6, 6.07) is 17.5. The van der Waals surface area contributed by atoms with Crippen molar-refractivity contribution < 1.29 is 14.9 Å². The van der Waals surface area contributed by atoms with E-state index in [-0.39, 0.29) is 30.9 Å². The van der Waals surface area contributed by atoms with Gasteiger partial charge in [0.15, 0.2) is 5.75 Å².